The molecule has 0 spiro atoms. The Morgan fingerprint density at radius 2 is 1.66 bits per heavy atom. The topological polar surface area (TPSA) is 88.5 Å². The molecule has 0 radical (unpaired) electrons. The Morgan fingerprint density at radius 1 is 1.03 bits per heavy atom. The smallest absolute Gasteiger partial charge is 0.295 e. The molecule has 35 heavy (non-hydrogen) atoms. The van der Waals surface area contributed by atoms with Crippen LogP contribution in [-0.2, 0) is 14.3 Å². The monoisotopic (exact) mass is 502 g/mol. The Balaban J connectivity index is 2.20. The highest BCUT2D eigenvalue weighted by Crippen LogP contribution is 2.43. The minimum absolute atomic E-state index is 0.0376. The van der Waals surface area contributed by atoms with E-state index in [1.165, 1.54) is 38.4 Å². The van der Waals surface area contributed by atoms with Crippen molar-refractivity contribution in [3.63, 3.8) is 0 Å². The van der Waals surface area contributed by atoms with Crippen molar-refractivity contribution in [2.75, 3.05) is 52.5 Å². The van der Waals surface area contributed by atoms with Crippen LogP contribution in [-0.4, -0.2) is 69.3 Å². The second-order valence-electron chi connectivity index (χ2n) is 7.94. The van der Waals surface area contributed by atoms with Crippen LogP contribution in [0.25, 0.3) is 5.76 Å². The number of Topliss-reactive ketones (excluding diaryl/α,β-unsaturated/α-hetero) is 1. The molecular formula is C26H31ClN2O6. The van der Waals surface area contributed by atoms with Crippen molar-refractivity contribution in [3.05, 3.63) is 58.1 Å². The van der Waals surface area contributed by atoms with Crippen LogP contribution in [0.1, 0.15) is 31.0 Å². The number of nitrogens with zero attached hydrogens (tertiary/aromatic N) is 2. The summed E-state index contributed by atoms with van der Waals surface area (Å²) in [7, 11) is 4.39. The number of aliphatic hydroxyl groups excluding tert-OH is 1. The van der Waals surface area contributed by atoms with E-state index >= 15 is 0 Å². The molecule has 1 heterocycles. The molecule has 1 unspecified atom stereocenters. The number of ketones is 1. The number of likely N-dealkylation sites (tertiary alicyclic amines) is 1. The van der Waals surface area contributed by atoms with E-state index in [2.05, 4.69) is 18.7 Å². The Bertz CT molecular complexity index is 1110. The zero-order valence-corrected chi connectivity index (χ0v) is 21.4. The summed E-state index contributed by atoms with van der Waals surface area (Å²) in [5.74, 6) is -1.32. The lowest BCUT2D eigenvalue weighted by atomic mass is 9.94. The molecule has 0 saturated carbocycles. The zero-order chi connectivity index (χ0) is 25.7. The summed E-state index contributed by atoms with van der Waals surface area (Å²) >= 11 is 6.22. The van der Waals surface area contributed by atoms with Crippen molar-refractivity contribution in [3.8, 4) is 11.5 Å². The highest BCUT2D eigenvalue weighted by Gasteiger charge is 2.46. The van der Waals surface area contributed by atoms with E-state index in [-0.39, 0.29) is 40.8 Å². The summed E-state index contributed by atoms with van der Waals surface area (Å²) in [5.41, 5.74) is 1.88. The average molecular weight is 503 g/mol. The van der Waals surface area contributed by atoms with E-state index in [1.807, 2.05) is 24.3 Å². The molecule has 2 aromatic rings. The summed E-state index contributed by atoms with van der Waals surface area (Å²) in [6, 6.07) is 9.81. The molecule has 8 nitrogen and oxygen atoms in total. The largest absolute Gasteiger partial charge is 0.507 e. The van der Waals surface area contributed by atoms with Crippen LogP contribution in [0.4, 0.5) is 5.69 Å². The Morgan fingerprint density at radius 3 is 2.20 bits per heavy atom. The Labute approximate surface area is 210 Å². The van der Waals surface area contributed by atoms with Crippen LogP contribution in [0.3, 0.4) is 0 Å². The van der Waals surface area contributed by atoms with Gasteiger partial charge < -0.3 is 29.1 Å². The fourth-order valence-electron chi connectivity index (χ4n) is 4.29. The molecule has 1 N–H and O–H groups in total. The predicted molar refractivity (Wildman–Crippen MR) is 135 cm³/mol. The number of carbonyl (C=O) groups is 2. The van der Waals surface area contributed by atoms with Crippen LogP contribution in [0, 0.1) is 0 Å². The first-order valence-corrected chi connectivity index (χ1v) is 11.7. The van der Waals surface area contributed by atoms with Gasteiger partial charge in [0.25, 0.3) is 11.7 Å². The number of halogens is 1. The zero-order valence-electron chi connectivity index (χ0n) is 20.6. The lowest BCUT2D eigenvalue weighted by molar-refractivity contribution is -0.140. The number of rotatable bonds is 10. The lowest BCUT2D eigenvalue weighted by Crippen LogP contribution is -2.32. The third-order valence-corrected chi connectivity index (χ3v) is 6.44. The number of hydrogen-bond acceptors (Lipinski definition) is 7. The second kappa shape index (κ2) is 11.5. The lowest BCUT2D eigenvalue weighted by Gasteiger charge is -2.26. The van der Waals surface area contributed by atoms with Crippen molar-refractivity contribution in [2.45, 2.75) is 19.9 Å². The van der Waals surface area contributed by atoms with Crippen molar-refractivity contribution in [1.82, 2.24) is 4.90 Å². The van der Waals surface area contributed by atoms with Gasteiger partial charge in [-0.15, -0.1) is 0 Å². The number of hydrogen-bond donors (Lipinski definition) is 1. The molecule has 188 valence electrons. The fraction of sp³-hybridized carbons (Fsp3) is 0.385. The molecule has 1 saturated heterocycles. The molecule has 0 bridgehead atoms. The average Bonchev–Trinajstić information content (AvgIpc) is 3.12. The number of ether oxygens (including phenoxy) is 3. The maximum Gasteiger partial charge on any atom is 0.295 e. The quantitative estimate of drug-likeness (QED) is 0.295. The van der Waals surface area contributed by atoms with E-state index in [0.29, 0.717) is 11.3 Å². The molecule has 1 aliphatic rings. The van der Waals surface area contributed by atoms with Gasteiger partial charge in [-0.2, -0.15) is 0 Å². The molecule has 9 heteroatoms. The standard InChI is InChI=1S/C26H31ClN2O6/c1-6-28(7-2)17-10-8-16(9-11-17)23-22(25(31)26(32)29(23)12-13-33-3)24(30)18-14-21(35-5)19(27)15-20(18)34-4/h8-11,14-15,23,30H,6-7,12-13H2,1-5H3/b24-22+. The number of anilines is 1. The predicted octanol–water partition coefficient (Wildman–Crippen LogP) is 4.27. The molecule has 3 rings (SSSR count). The molecule has 1 fully saturated rings. The van der Waals surface area contributed by atoms with E-state index in [1.54, 1.807) is 0 Å². The highest BCUT2D eigenvalue weighted by molar-refractivity contribution is 6.46. The summed E-state index contributed by atoms with van der Waals surface area (Å²) in [5, 5.41) is 11.7. The minimum Gasteiger partial charge on any atom is -0.507 e. The Hall–Kier alpha value is -3.23. The van der Waals surface area contributed by atoms with E-state index < -0.39 is 17.7 Å². The Kier molecular flexibility index (Phi) is 8.64. The SMILES string of the molecule is CCN(CC)c1ccc(C2/C(=C(\O)c3cc(OC)c(Cl)cc3OC)C(=O)C(=O)N2CCOC)cc1. The van der Waals surface area contributed by atoms with E-state index in [4.69, 9.17) is 25.8 Å². The fourth-order valence-corrected chi connectivity index (χ4v) is 4.52. The van der Waals surface area contributed by atoms with Gasteiger partial charge in [-0.1, -0.05) is 23.7 Å². The first-order chi connectivity index (χ1) is 16.8. The van der Waals surface area contributed by atoms with E-state index in [0.717, 1.165) is 18.8 Å². The van der Waals surface area contributed by atoms with Gasteiger partial charge in [0.2, 0.25) is 0 Å². The van der Waals surface area contributed by atoms with Gasteiger partial charge in [-0.3, -0.25) is 9.59 Å². The molecule has 0 aromatic heterocycles. The molecular weight excluding hydrogens is 472 g/mol. The summed E-state index contributed by atoms with van der Waals surface area (Å²) in [4.78, 5) is 29.9. The maximum atomic E-state index is 13.2. The minimum atomic E-state index is -0.803. The second-order valence-corrected chi connectivity index (χ2v) is 8.34. The van der Waals surface area contributed by atoms with E-state index in [9.17, 15) is 14.7 Å². The third kappa shape index (κ3) is 5.09. The summed E-state index contributed by atoms with van der Waals surface area (Å²) < 4.78 is 15.9. The molecule has 1 amide bonds. The first-order valence-electron chi connectivity index (χ1n) is 11.4. The van der Waals surface area contributed by atoms with Crippen molar-refractivity contribution >= 4 is 34.7 Å². The van der Waals surface area contributed by atoms with Gasteiger partial charge in [0.15, 0.2) is 0 Å². The molecule has 1 aliphatic heterocycles. The van der Waals surface area contributed by atoms with Crippen LogP contribution >= 0.6 is 11.6 Å². The van der Waals surface area contributed by atoms with Gasteiger partial charge in [0.1, 0.15) is 17.3 Å². The van der Waals surface area contributed by atoms with Gasteiger partial charge in [0.05, 0.1) is 43.0 Å². The van der Waals surface area contributed by atoms with Gasteiger partial charge in [0, 0.05) is 38.5 Å². The van der Waals surface area contributed by atoms with Crippen LogP contribution in [0.15, 0.2) is 42.0 Å². The van der Waals surface area contributed by atoms with Gasteiger partial charge in [-0.05, 0) is 37.6 Å². The normalized spacial score (nSPS) is 17.1. The molecule has 2 aromatic carbocycles. The van der Waals surface area contributed by atoms with Crippen LogP contribution in [0.2, 0.25) is 5.02 Å². The number of carbonyl (C=O) groups excluding carboxylic acids is 2. The van der Waals surface area contributed by atoms with Crippen molar-refractivity contribution in [1.29, 1.82) is 0 Å². The molecule has 1 atom stereocenters. The number of methoxy groups -OCH3 is 3. The highest BCUT2D eigenvalue weighted by atomic mass is 35.5. The van der Waals surface area contributed by atoms with Crippen LogP contribution in [0.5, 0.6) is 11.5 Å². The van der Waals surface area contributed by atoms with Crippen molar-refractivity contribution in [2.24, 2.45) is 0 Å². The summed E-state index contributed by atoms with van der Waals surface area (Å²) in [6.07, 6.45) is 0. The first kappa shape index (κ1) is 26.4. The third-order valence-electron chi connectivity index (χ3n) is 6.14. The number of benzene rings is 2. The van der Waals surface area contributed by atoms with Gasteiger partial charge >= 0.3 is 0 Å². The van der Waals surface area contributed by atoms with Gasteiger partial charge in [-0.25, -0.2) is 0 Å². The summed E-state index contributed by atoms with van der Waals surface area (Å²) in [6.45, 7) is 6.26. The molecule has 0 aliphatic carbocycles. The van der Waals surface area contributed by atoms with Crippen LogP contribution < -0.4 is 14.4 Å². The number of amides is 1. The van der Waals surface area contributed by atoms with Crippen molar-refractivity contribution < 1.29 is 28.9 Å². The maximum absolute atomic E-state index is 13.2. The number of aliphatic hydroxyl groups is 1.